The van der Waals surface area contributed by atoms with Crippen molar-refractivity contribution in [3.63, 3.8) is 0 Å². The smallest absolute Gasteiger partial charge is 0.416 e. The second-order valence-electron chi connectivity index (χ2n) is 12.5. The number of alkyl halides is 3. The lowest BCUT2D eigenvalue weighted by atomic mass is 9.79. The van der Waals surface area contributed by atoms with Crippen molar-refractivity contribution in [1.29, 1.82) is 0 Å². The summed E-state index contributed by atoms with van der Waals surface area (Å²) in [6, 6.07) is 15.6. The summed E-state index contributed by atoms with van der Waals surface area (Å²) in [5.41, 5.74) is 0.220. The Morgan fingerprint density at radius 2 is 1.71 bits per heavy atom. The fourth-order valence-corrected chi connectivity index (χ4v) is 6.56. The molecular formula is C35H35F4N5O4S. The minimum atomic E-state index is -4.71. The number of hydrogen-bond acceptors (Lipinski definition) is 6. The van der Waals surface area contributed by atoms with Crippen molar-refractivity contribution in [3.05, 3.63) is 113 Å². The topological polar surface area (TPSA) is 119 Å². The third-order valence-electron chi connectivity index (χ3n) is 8.11. The van der Waals surface area contributed by atoms with E-state index in [-0.39, 0.29) is 24.2 Å². The Bertz CT molecular complexity index is 1830. The first-order valence-electron chi connectivity index (χ1n) is 15.5. The number of aromatic nitrogens is 2. The molecule has 2 heterocycles. The monoisotopic (exact) mass is 697 g/mol. The van der Waals surface area contributed by atoms with Gasteiger partial charge in [-0.2, -0.15) is 18.3 Å². The summed E-state index contributed by atoms with van der Waals surface area (Å²) >= 11 is -1.68. The molecule has 49 heavy (non-hydrogen) atoms. The zero-order chi connectivity index (χ0) is 35.7. The van der Waals surface area contributed by atoms with Crippen LogP contribution in [0.2, 0.25) is 0 Å². The van der Waals surface area contributed by atoms with Crippen LogP contribution in [0.1, 0.15) is 78.8 Å². The average Bonchev–Trinajstić information content (AvgIpc) is 3.45. The van der Waals surface area contributed by atoms with Crippen molar-refractivity contribution in [3.8, 4) is 5.69 Å². The summed E-state index contributed by atoms with van der Waals surface area (Å²) in [5, 5.41) is 7.57. The molecule has 2 N–H and O–H groups in total. The molecule has 0 saturated heterocycles. The van der Waals surface area contributed by atoms with Crippen molar-refractivity contribution >= 4 is 35.3 Å². The normalized spacial score (nSPS) is 17.7. The van der Waals surface area contributed by atoms with Crippen molar-refractivity contribution in [2.45, 2.75) is 63.0 Å². The summed E-state index contributed by atoms with van der Waals surface area (Å²) in [6.45, 7) is 7.07. The molecule has 0 aliphatic carbocycles. The number of aldehydes is 1. The standard InChI is InChI=1S/C35H35F4N5O4S/c1-5-43-32-28(29(41-44(32)25-12-7-6-8-13-25)26(18-19-45)42-49(48)34(2,3)4)27(21-14-16-24(36)17-15-21)30(33(43)47)40-31(46)22-10-9-11-23(20-22)35(37,38)39/h6-17,19-20,26-27,30,42H,5,18H2,1-4H3,(H,40,46)/t26-,27+,30+,49?/m1/s1. The molecule has 0 spiro atoms. The van der Waals surface area contributed by atoms with Crippen LogP contribution in [0.5, 0.6) is 0 Å². The highest BCUT2D eigenvalue weighted by atomic mass is 32.2. The Hall–Kier alpha value is -4.53. The van der Waals surface area contributed by atoms with E-state index in [1.807, 2.05) is 0 Å². The Morgan fingerprint density at radius 3 is 2.31 bits per heavy atom. The fourth-order valence-electron chi connectivity index (χ4n) is 5.74. The number of fused-ring (bicyclic) bond motifs is 1. The maximum atomic E-state index is 14.5. The Balaban J connectivity index is 1.76. The van der Waals surface area contributed by atoms with Gasteiger partial charge in [-0.3, -0.25) is 14.5 Å². The van der Waals surface area contributed by atoms with Gasteiger partial charge in [-0.1, -0.05) is 36.4 Å². The maximum Gasteiger partial charge on any atom is 0.416 e. The van der Waals surface area contributed by atoms with E-state index in [1.54, 1.807) is 58.0 Å². The number of halogens is 4. The van der Waals surface area contributed by atoms with Crippen LogP contribution in [0.4, 0.5) is 23.4 Å². The van der Waals surface area contributed by atoms with Gasteiger partial charge >= 0.3 is 6.18 Å². The first-order chi connectivity index (χ1) is 23.1. The van der Waals surface area contributed by atoms with E-state index in [2.05, 4.69) is 10.0 Å². The van der Waals surface area contributed by atoms with Crippen LogP contribution in [0.3, 0.4) is 0 Å². The molecule has 0 fully saturated rings. The van der Waals surface area contributed by atoms with E-state index in [9.17, 15) is 36.5 Å². The Kier molecular flexibility index (Phi) is 10.3. The van der Waals surface area contributed by atoms with Crippen LogP contribution in [0, 0.1) is 5.82 Å². The van der Waals surface area contributed by atoms with Crippen LogP contribution in [0.15, 0.2) is 78.9 Å². The number of carbonyl (C=O) groups is 3. The minimum Gasteiger partial charge on any atom is -0.598 e. The van der Waals surface area contributed by atoms with Gasteiger partial charge in [0.15, 0.2) is 0 Å². The quantitative estimate of drug-likeness (QED) is 0.119. The van der Waals surface area contributed by atoms with Gasteiger partial charge in [-0.25, -0.2) is 9.07 Å². The molecular weight excluding hydrogens is 662 g/mol. The summed E-state index contributed by atoms with van der Waals surface area (Å²) in [4.78, 5) is 41.6. The Labute approximate surface area is 284 Å². The van der Waals surface area contributed by atoms with Gasteiger partial charge in [0.2, 0.25) is 0 Å². The van der Waals surface area contributed by atoms with E-state index in [1.165, 1.54) is 39.9 Å². The van der Waals surface area contributed by atoms with E-state index < -0.39 is 63.5 Å². The molecule has 4 aromatic rings. The molecule has 9 nitrogen and oxygen atoms in total. The lowest BCUT2D eigenvalue weighted by molar-refractivity contribution is -0.137. The highest BCUT2D eigenvalue weighted by molar-refractivity contribution is 7.90. The SMILES string of the molecule is CCN1C(=O)[C@@H](NC(=O)c2cccc(C(F)(F)F)c2)[C@@H](c2ccc(F)cc2)c2c([C@@H](CC=O)N[S+]([O-])C(C)(C)C)nn(-c3ccccc3)c21. The molecule has 1 aliphatic rings. The van der Waals surface area contributed by atoms with E-state index >= 15 is 0 Å². The first kappa shape index (κ1) is 35.8. The van der Waals surface area contributed by atoms with Crippen molar-refractivity contribution in [2.24, 2.45) is 0 Å². The largest absolute Gasteiger partial charge is 0.598 e. The predicted molar refractivity (Wildman–Crippen MR) is 177 cm³/mol. The molecule has 258 valence electrons. The van der Waals surface area contributed by atoms with E-state index in [4.69, 9.17) is 5.10 Å². The zero-order valence-corrected chi connectivity index (χ0v) is 27.9. The molecule has 2 amide bonds. The number of para-hydroxylation sites is 1. The van der Waals surface area contributed by atoms with Crippen LogP contribution in [-0.2, 0) is 27.1 Å². The molecule has 14 heteroatoms. The first-order valence-corrected chi connectivity index (χ1v) is 16.7. The molecule has 1 aliphatic heterocycles. The van der Waals surface area contributed by atoms with E-state index in [0.29, 0.717) is 35.0 Å². The molecule has 4 atom stereocenters. The minimum absolute atomic E-state index is 0.0928. The van der Waals surface area contributed by atoms with Gasteiger partial charge in [-0.15, -0.1) is 4.72 Å². The lowest BCUT2D eigenvalue weighted by Gasteiger charge is -2.39. The number of amides is 2. The molecule has 3 aromatic carbocycles. The molecule has 0 bridgehead atoms. The number of anilines is 1. The Morgan fingerprint density at radius 1 is 1.04 bits per heavy atom. The third-order valence-corrected chi connectivity index (χ3v) is 9.72. The summed E-state index contributed by atoms with van der Waals surface area (Å²) in [6.07, 6.45) is -4.23. The van der Waals surface area contributed by atoms with Gasteiger partial charge in [0, 0.05) is 41.4 Å². The summed E-state index contributed by atoms with van der Waals surface area (Å²) in [5.74, 6) is -2.85. The summed E-state index contributed by atoms with van der Waals surface area (Å²) in [7, 11) is 0. The lowest BCUT2D eigenvalue weighted by Crippen LogP contribution is -2.55. The van der Waals surface area contributed by atoms with Gasteiger partial charge in [0.25, 0.3) is 11.8 Å². The third kappa shape index (κ3) is 7.41. The van der Waals surface area contributed by atoms with Gasteiger partial charge in [0.05, 0.1) is 16.9 Å². The number of nitrogens with zero attached hydrogens (tertiary/aromatic N) is 3. The fraction of sp³-hybridized carbons (Fsp3) is 0.314. The molecule has 1 unspecified atom stereocenters. The molecule has 5 rings (SSSR count). The van der Waals surface area contributed by atoms with Gasteiger partial charge in [0.1, 0.15) is 34.8 Å². The second-order valence-corrected chi connectivity index (χ2v) is 14.5. The summed E-state index contributed by atoms with van der Waals surface area (Å²) < 4.78 is 72.1. The average molecular weight is 698 g/mol. The number of rotatable bonds is 10. The number of nitrogens with one attached hydrogen (secondary N) is 2. The van der Waals surface area contributed by atoms with Crippen LogP contribution in [-0.4, -0.2) is 49.8 Å². The highest BCUT2D eigenvalue weighted by Crippen LogP contribution is 2.46. The number of hydrogen-bond donors (Lipinski definition) is 2. The van der Waals surface area contributed by atoms with Crippen molar-refractivity contribution < 1.29 is 36.5 Å². The van der Waals surface area contributed by atoms with Crippen LogP contribution < -0.4 is 14.9 Å². The van der Waals surface area contributed by atoms with Crippen molar-refractivity contribution in [1.82, 2.24) is 19.8 Å². The molecule has 0 radical (unpaired) electrons. The number of carbonyl (C=O) groups excluding carboxylic acids is 3. The number of benzene rings is 3. The maximum absolute atomic E-state index is 14.5. The molecule has 1 aromatic heterocycles. The predicted octanol–water partition coefficient (Wildman–Crippen LogP) is 6.01. The number of likely N-dealkylation sites (N-methyl/N-ethyl adjacent to an activating group) is 1. The zero-order valence-electron chi connectivity index (χ0n) is 27.1. The van der Waals surface area contributed by atoms with Gasteiger partial charge in [-0.05, 0) is 75.7 Å². The van der Waals surface area contributed by atoms with Crippen LogP contribution in [0.25, 0.3) is 5.69 Å². The second kappa shape index (κ2) is 14.1. The van der Waals surface area contributed by atoms with E-state index in [0.717, 1.165) is 12.1 Å². The van der Waals surface area contributed by atoms with Gasteiger partial charge < -0.3 is 14.7 Å². The molecule has 0 saturated carbocycles. The van der Waals surface area contributed by atoms with Crippen molar-refractivity contribution in [2.75, 3.05) is 11.4 Å². The van der Waals surface area contributed by atoms with Crippen LogP contribution >= 0.6 is 0 Å². The highest BCUT2D eigenvalue weighted by Gasteiger charge is 2.48.